The van der Waals surface area contributed by atoms with Gasteiger partial charge in [0.15, 0.2) is 9.04 Å². The number of nitriles is 2. The van der Waals surface area contributed by atoms with Gasteiger partial charge in [0.25, 0.3) is 0 Å². The van der Waals surface area contributed by atoms with Gasteiger partial charge >= 0.3 is 0 Å². The number of hydrogen-bond acceptors (Lipinski definition) is 3. The molecule has 4 heteroatoms. The Morgan fingerprint density at radius 2 is 2.00 bits per heavy atom. The number of nitrogens with zero attached hydrogens (tertiary/aromatic N) is 2. The molecule has 0 aromatic rings. The van der Waals surface area contributed by atoms with Crippen LogP contribution in [-0.2, 0) is 4.43 Å². The van der Waals surface area contributed by atoms with Gasteiger partial charge in [-0.3, -0.25) is 0 Å². The molecule has 0 aromatic heterocycles. The standard InChI is InChI=1S/C6H10N2OSi/c1-9-10(2)5-6(3-7)4-8/h6,10H,5H2,1-2H3. The SMILES string of the molecule is CO[SiH](C)CC(C#N)C#N. The summed E-state index contributed by atoms with van der Waals surface area (Å²) in [4.78, 5) is 0. The molecule has 1 unspecified atom stereocenters. The first-order valence-corrected chi connectivity index (χ1v) is 5.50. The maximum absolute atomic E-state index is 8.36. The molecular formula is C6H10N2OSi. The van der Waals surface area contributed by atoms with Crippen molar-refractivity contribution < 1.29 is 4.43 Å². The van der Waals surface area contributed by atoms with E-state index in [4.69, 9.17) is 14.9 Å². The molecule has 0 rings (SSSR count). The fourth-order valence-electron chi connectivity index (χ4n) is 0.562. The van der Waals surface area contributed by atoms with Crippen LogP contribution in [0.1, 0.15) is 0 Å². The van der Waals surface area contributed by atoms with Crippen LogP contribution >= 0.6 is 0 Å². The van der Waals surface area contributed by atoms with E-state index in [1.54, 1.807) is 7.11 Å². The molecule has 0 aromatic carbocycles. The molecule has 0 aliphatic heterocycles. The second-order valence-corrected chi connectivity index (χ2v) is 4.66. The van der Waals surface area contributed by atoms with Crippen LogP contribution < -0.4 is 0 Å². The van der Waals surface area contributed by atoms with Crippen molar-refractivity contribution in [1.29, 1.82) is 10.5 Å². The lowest BCUT2D eigenvalue weighted by molar-refractivity contribution is 0.421. The first-order valence-electron chi connectivity index (χ1n) is 3.06. The van der Waals surface area contributed by atoms with E-state index in [2.05, 4.69) is 0 Å². The fourth-order valence-corrected chi connectivity index (χ4v) is 1.63. The van der Waals surface area contributed by atoms with E-state index < -0.39 is 15.0 Å². The van der Waals surface area contributed by atoms with Crippen LogP contribution in [-0.4, -0.2) is 16.2 Å². The summed E-state index contributed by atoms with van der Waals surface area (Å²) in [5.74, 6) is -0.471. The number of hydrogen-bond donors (Lipinski definition) is 0. The van der Waals surface area contributed by atoms with Crippen LogP contribution in [0.25, 0.3) is 0 Å². The first-order chi connectivity index (χ1) is 4.74. The van der Waals surface area contributed by atoms with Crippen molar-refractivity contribution in [3.63, 3.8) is 0 Å². The van der Waals surface area contributed by atoms with Gasteiger partial charge < -0.3 is 4.43 Å². The Balaban J connectivity index is 3.69. The average molecular weight is 154 g/mol. The quantitative estimate of drug-likeness (QED) is 0.561. The Hall–Kier alpha value is -0.843. The molecule has 0 saturated heterocycles. The smallest absolute Gasteiger partial charge is 0.175 e. The van der Waals surface area contributed by atoms with Crippen LogP contribution in [0.4, 0.5) is 0 Å². The molecule has 1 atom stereocenters. The van der Waals surface area contributed by atoms with Crippen LogP contribution in [0.3, 0.4) is 0 Å². The second kappa shape index (κ2) is 4.98. The molecular weight excluding hydrogens is 144 g/mol. The van der Waals surface area contributed by atoms with Gasteiger partial charge in [0.1, 0.15) is 5.92 Å². The normalized spacial score (nSPS) is 12.1. The predicted octanol–water partition coefficient (Wildman–Crippen LogP) is 0.650. The van der Waals surface area contributed by atoms with Crippen molar-refractivity contribution in [2.45, 2.75) is 12.6 Å². The summed E-state index contributed by atoms with van der Waals surface area (Å²) in [6.45, 7) is 1.97. The summed E-state index contributed by atoms with van der Waals surface area (Å²) in [6.07, 6.45) is 0. The van der Waals surface area contributed by atoms with Gasteiger partial charge in [-0.2, -0.15) is 10.5 Å². The monoisotopic (exact) mass is 154 g/mol. The van der Waals surface area contributed by atoms with E-state index in [1.165, 1.54) is 0 Å². The summed E-state index contributed by atoms with van der Waals surface area (Å²) in [6, 6.07) is 4.45. The van der Waals surface area contributed by atoms with E-state index in [0.717, 1.165) is 0 Å². The van der Waals surface area contributed by atoms with E-state index in [0.29, 0.717) is 6.04 Å². The van der Waals surface area contributed by atoms with Crippen molar-refractivity contribution >= 4 is 9.04 Å². The minimum atomic E-state index is -1.22. The lowest BCUT2D eigenvalue weighted by atomic mass is 10.2. The van der Waals surface area contributed by atoms with Crippen molar-refractivity contribution in [2.75, 3.05) is 7.11 Å². The predicted molar refractivity (Wildman–Crippen MR) is 39.5 cm³/mol. The van der Waals surface area contributed by atoms with Crippen LogP contribution in [0.5, 0.6) is 0 Å². The fraction of sp³-hybridized carbons (Fsp3) is 0.667. The lowest BCUT2D eigenvalue weighted by Crippen LogP contribution is -2.13. The lowest BCUT2D eigenvalue weighted by Gasteiger charge is -2.05. The summed E-state index contributed by atoms with van der Waals surface area (Å²) in [5, 5.41) is 16.7. The highest BCUT2D eigenvalue weighted by atomic mass is 28.3. The number of rotatable bonds is 3. The highest BCUT2D eigenvalue weighted by molar-refractivity contribution is 6.50. The van der Waals surface area contributed by atoms with E-state index in [1.807, 2.05) is 18.7 Å². The largest absolute Gasteiger partial charge is 0.423 e. The molecule has 3 nitrogen and oxygen atoms in total. The summed E-state index contributed by atoms with van der Waals surface area (Å²) in [5.41, 5.74) is 0. The first kappa shape index (κ1) is 9.16. The molecule has 0 heterocycles. The van der Waals surface area contributed by atoms with Crippen LogP contribution in [0.2, 0.25) is 12.6 Å². The Morgan fingerprint density at radius 3 is 2.30 bits per heavy atom. The molecule has 10 heavy (non-hydrogen) atoms. The van der Waals surface area contributed by atoms with Crippen molar-refractivity contribution in [3.8, 4) is 12.1 Å². The maximum atomic E-state index is 8.36. The summed E-state index contributed by atoms with van der Waals surface area (Å²) in [7, 11) is 0.408. The van der Waals surface area contributed by atoms with Crippen LogP contribution in [0.15, 0.2) is 0 Å². The van der Waals surface area contributed by atoms with Crippen molar-refractivity contribution in [3.05, 3.63) is 0 Å². The maximum Gasteiger partial charge on any atom is 0.175 e. The van der Waals surface area contributed by atoms with Gasteiger partial charge in [0.2, 0.25) is 0 Å². The van der Waals surface area contributed by atoms with Gasteiger partial charge in [-0.1, -0.05) is 0 Å². The zero-order valence-electron chi connectivity index (χ0n) is 6.16. The van der Waals surface area contributed by atoms with Gasteiger partial charge in [0, 0.05) is 7.11 Å². The zero-order valence-corrected chi connectivity index (χ0v) is 7.32. The van der Waals surface area contributed by atoms with E-state index in [-0.39, 0.29) is 0 Å². The minimum Gasteiger partial charge on any atom is -0.423 e. The highest BCUT2D eigenvalue weighted by Crippen LogP contribution is 2.04. The van der Waals surface area contributed by atoms with Gasteiger partial charge in [-0.05, 0) is 12.6 Å². The Bertz CT molecular complexity index is 156. The van der Waals surface area contributed by atoms with E-state index in [9.17, 15) is 0 Å². The molecule has 54 valence electrons. The molecule has 0 radical (unpaired) electrons. The molecule has 0 saturated carbocycles. The Morgan fingerprint density at radius 1 is 1.50 bits per heavy atom. The summed E-state index contributed by atoms with van der Waals surface area (Å²) < 4.78 is 5.02. The van der Waals surface area contributed by atoms with Crippen molar-refractivity contribution in [2.24, 2.45) is 5.92 Å². The average Bonchev–Trinajstić information content (AvgIpc) is 1.99. The minimum absolute atomic E-state index is 0.471. The molecule has 0 N–H and O–H groups in total. The van der Waals surface area contributed by atoms with Gasteiger partial charge in [-0.25, -0.2) is 0 Å². The van der Waals surface area contributed by atoms with Gasteiger partial charge in [-0.15, -0.1) is 0 Å². The second-order valence-electron chi connectivity index (χ2n) is 2.09. The van der Waals surface area contributed by atoms with E-state index >= 15 is 0 Å². The third-order valence-electron chi connectivity index (χ3n) is 1.28. The molecule has 0 aliphatic carbocycles. The zero-order chi connectivity index (χ0) is 7.98. The highest BCUT2D eigenvalue weighted by Gasteiger charge is 2.11. The van der Waals surface area contributed by atoms with Crippen molar-refractivity contribution in [1.82, 2.24) is 0 Å². The molecule has 0 fully saturated rings. The van der Waals surface area contributed by atoms with Crippen LogP contribution in [0, 0.1) is 28.6 Å². The topological polar surface area (TPSA) is 56.8 Å². The summed E-state index contributed by atoms with van der Waals surface area (Å²) >= 11 is 0. The third kappa shape index (κ3) is 3.24. The molecule has 0 spiro atoms. The Kier molecular flexibility index (Phi) is 4.56. The molecule has 0 aliphatic rings. The Labute approximate surface area is 62.6 Å². The molecule has 0 bridgehead atoms. The molecule has 0 amide bonds. The third-order valence-corrected chi connectivity index (χ3v) is 3.22. The van der Waals surface area contributed by atoms with Gasteiger partial charge in [0.05, 0.1) is 12.1 Å².